The van der Waals surface area contributed by atoms with Crippen LogP contribution >= 0.6 is 0 Å². The first kappa shape index (κ1) is 26.3. The van der Waals surface area contributed by atoms with E-state index in [1.54, 1.807) is 6.92 Å². The molecule has 2 amide bonds. The summed E-state index contributed by atoms with van der Waals surface area (Å²) in [6.45, 7) is 5.61. The second-order valence-corrected chi connectivity index (χ2v) is 9.99. The van der Waals surface area contributed by atoms with Crippen molar-refractivity contribution < 1.29 is 22.4 Å². The summed E-state index contributed by atoms with van der Waals surface area (Å²) in [5.74, 6) is -1.50. The number of hydrogen-bond acceptors (Lipinski definition) is 4. The van der Waals surface area contributed by atoms with E-state index in [4.69, 9.17) is 0 Å². The summed E-state index contributed by atoms with van der Waals surface area (Å²) in [6.07, 6.45) is 2.68. The minimum Gasteiger partial charge on any atom is -0.354 e. The van der Waals surface area contributed by atoms with E-state index in [2.05, 4.69) is 5.32 Å². The van der Waals surface area contributed by atoms with Crippen LogP contribution in [0.25, 0.3) is 0 Å². The molecular formula is C24H32FN3O4S. The number of anilines is 1. The second kappa shape index (κ2) is 11.8. The highest BCUT2D eigenvalue weighted by Gasteiger charge is 2.30. The van der Waals surface area contributed by atoms with Crippen LogP contribution in [0.5, 0.6) is 0 Å². The third-order valence-electron chi connectivity index (χ3n) is 5.21. The number of halogens is 1. The van der Waals surface area contributed by atoms with Gasteiger partial charge < -0.3 is 10.2 Å². The van der Waals surface area contributed by atoms with Crippen LogP contribution in [-0.2, 0) is 26.2 Å². The lowest BCUT2D eigenvalue weighted by Crippen LogP contribution is -2.51. The first-order valence-corrected chi connectivity index (χ1v) is 12.7. The van der Waals surface area contributed by atoms with Gasteiger partial charge in [0.2, 0.25) is 21.8 Å². The highest BCUT2D eigenvalue weighted by molar-refractivity contribution is 7.92. The van der Waals surface area contributed by atoms with Crippen LogP contribution in [0, 0.1) is 12.7 Å². The van der Waals surface area contributed by atoms with Gasteiger partial charge in [0.05, 0.1) is 11.9 Å². The number of carbonyl (C=O) groups excluding carboxylic acids is 2. The Morgan fingerprint density at radius 2 is 1.82 bits per heavy atom. The van der Waals surface area contributed by atoms with E-state index < -0.39 is 34.3 Å². The van der Waals surface area contributed by atoms with Crippen LogP contribution in [0.1, 0.15) is 37.8 Å². The van der Waals surface area contributed by atoms with Crippen LogP contribution in [-0.4, -0.2) is 50.5 Å². The smallest absolute Gasteiger partial charge is 0.244 e. The van der Waals surface area contributed by atoms with Gasteiger partial charge in [-0.1, -0.05) is 49.2 Å². The van der Waals surface area contributed by atoms with E-state index in [1.807, 2.05) is 38.1 Å². The number of sulfonamides is 1. The summed E-state index contributed by atoms with van der Waals surface area (Å²) in [5, 5.41) is 2.82. The second-order valence-electron chi connectivity index (χ2n) is 8.08. The van der Waals surface area contributed by atoms with Crippen molar-refractivity contribution in [2.75, 3.05) is 23.7 Å². The minimum absolute atomic E-state index is 0.0430. The fraction of sp³-hybridized carbons (Fsp3) is 0.417. The fourth-order valence-electron chi connectivity index (χ4n) is 3.37. The molecule has 2 aromatic rings. The Morgan fingerprint density at radius 1 is 1.12 bits per heavy atom. The quantitative estimate of drug-likeness (QED) is 0.504. The molecule has 1 N–H and O–H groups in total. The van der Waals surface area contributed by atoms with E-state index in [0.717, 1.165) is 40.6 Å². The van der Waals surface area contributed by atoms with Crippen molar-refractivity contribution in [3.05, 3.63) is 65.5 Å². The summed E-state index contributed by atoms with van der Waals surface area (Å²) in [7, 11) is -3.89. The Hall–Kier alpha value is -2.94. The largest absolute Gasteiger partial charge is 0.354 e. The molecular weight excluding hydrogens is 445 g/mol. The summed E-state index contributed by atoms with van der Waals surface area (Å²) < 4.78 is 39.5. The van der Waals surface area contributed by atoms with Gasteiger partial charge in [0, 0.05) is 13.1 Å². The molecule has 0 heterocycles. The van der Waals surface area contributed by atoms with Crippen molar-refractivity contribution in [1.82, 2.24) is 10.2 Å². The molecule has 0 radical (unpaired) electrons. The van der Waals surface area contributed by atoms with Gasteiger partial charge in [-0.3, -0.25) is 13.9 Å². The SMILES string of the molecule is CCCCNC(=O)[C@H](C)N(Cc1cccc(C)c1)C(=O)CN(c1cccc(F)c1)S(C)(=O)=O. The van der Waals surface area contributed by atoms with E-state index in [0.29, 0.717) is 6.54 Å². The summed E-state index contributed by atoms with van der Waals surface area (Å²) in [4.78, 5) is 27.5. The standard InChI is InChI=1S/C24H32FN3O4S/c1-5-6-13-26-24(30)19(3)27(16-20-10-7-9-18(2)14-20)23(29)17-28(33(4,31)32)22-12-8-11-21(25)15-22/h7-12,14-15,19H,5-6,13,16-17H2,1-4H3,(H,26,30)/t19-/m0/s1. The zero-order chi connectivity index (χ0) is 24.6. The molecule has 0 spiro atoms. The number of benzene rings is 2. The van der Waals surface area contributed by atoms with E-state index in [1.165, 1.54) is 23.1 Å². The molecule has 9 heteroatoms. The lowest BCUT2D eigenvalue weighted by Gasteiger charge is -2.31. The monoisotopic (exact) mass is 477 g/mol. The highest BCUT2D eigenvalue weighted by Crippen LogP contribution is 2.20. The van der Waals surface area contributed by atoms with Gasteiger partial charge in [0.1, 0.15) is 18.4 Å². The Morgan fingerprint density at radius 3 is 2.42 bits per heavy atom. The average molecular weight is 478 g/mol. The van der Waals surface area contributed by atoms with Crippen molar-refractivity contribution in [2.45, 2.75) is 46.2 Å². The number of carbonyl (C=O) groups is 2. The predicted octanol–water partition coefficient (Wildman–Crippen LogP) is 3.23. The molecule has 0 aromatic heterocycles. The Labute approximate surface area is 195 Å². The lowest BCUT2D eigenvalue weighted by molar-refractivity contribution is -0.139. The van der Waals surface area contributed by atoms with E-state index >= 15 is 0 Å². The normalized spacial score (nSPS) is 12.2. The van der Waals surface area contributed by atoms with E-state index in [-0.39, 0.29) is 18.1 Å². The summed E-state index contributed by atoms with van der Waals surface area (Å²) >= 11 is 0. The molecule has 0 aliphatic rings. The maximum absolute atomic E-state index is 13.7. The van der Waals surface area contributed by atoms with Gasteiger partial charge in [0.15, 0.2) is 0 Å². The lowest BCUT2D eigenvalue weighted by atomic mass is 10.1. The molecule has 0 bridgehead atoms. The summed E-state index contributed by atoms with van der Waals surface area (Å²) in [6, 6.07) is 11.7. The first-order valence-electron chi connectivity index (χ1n) is 10.9. The maximum atomic E-state index is 13.7. The van der Waals surface area contributed by atoms with Crippen molar-refractivity contribution in [3.8, 4) is 0 Å². The molecule has 1 atom stereocenters. The van der Waals surface area contributed by atoms with Crippen LogP contribution in [0.3, 0.4) is 0 Å². The van der Waals surface area contributed by atoms with Gasteiger partial charge in [-0.25, -0.2) is 12.8 Å². The van der Waals surface area contributed by atoms with Gasteiger partial charge in [-0.15, -0.1) is 0 Å². The molecule has 0 saturated heterocycles. The molecule has 2 rings (SSSR count). The average Bonchev–Trinajstić information content (AvgIpc) is 2.74. The Kier molecular flexibility index (Phi) is 9.40. The van der Waals surface area contributed by atoms with Gasteiger partial charge in [-0.05, 0) is 44.0 Å². The third kappa shape index (κ3) is 7.85. The zero-order valence-electron chi connectivity index (χ0n) is 19.5. The third-order valence-corrected chi connectivity index (χ3v) is 6.35. The number of amides is 2. The molecule has 2 aromatic carbocycles. The van der Waals surface area contributed by atoms with Crippen molar-refractivity contribution in [3.63, 3.8) is 0 Å². The van der Waals surface area contributed by atoms with Crippen LogP contribution in [0.4, 0.5) is 10.1 Å². The number of rotatable bonds is 11. The molecule has 0 unspecified atom stereocenters. The number of nitrogens with one attached hydrogen (secondary N) is 1. The highest BCUT2D eigenvalue weighted by atomic mass is 32.2. The van der Waals surface area contributed by atoms with E-state index in [9.17, 15) is 22.4 Å². The van der Waals surface area contributed by atoms with Crippen LogP contribution < -0.4 is 9.62 Å². The van der Waals surface area contributed by atoms with Crippen molar-refractivity contribution >= 4 is 27.5 Å². The Bertz CT molecular complexity index is 1070. The molecule has 0 saturated carbocycles. The van der Waals surface area contributed by atoms with Crippen LogP contribution in [0.15, 0.2) is 48.5 Å². The number of unbranched alkanes of at least 4 members (excludes halogenated alkanes) is 1. The number of nitrogens with zero attached hydrogens (tertiary/aromatic N) is 2. The van der Waals surface area contributed by atoms with Crippen molar-refractivity contribution in [2.24, 2.45) is 0 Å². The summed E-state index contributed by atoms with van der Waals surface area (Å²) in [5.41, 5.74) is 1.85. The molecule has 0 aliphatic heterocycles. The number of hydrogen-bond donors (Lipinski definition) is 1. The first-order chi connectivity index (χ1) is 15.5. The molecule has 7 nitrogen and oxygen atoms in total. The van der Waals surface area contributed by atoms with Crippen molar-refractivity contribution in [1.29, 1.82) is 0 Å². The zero-order valence-corrected chi connectivity index (χ0v) is 20.4. The molecule has 180 valence electrons. The Balaban J connectivity index is 2.34. The molecule has 0 aliphatic carbocycles. The number of aryl methyl sites for hydroxylation is 1. The van der Waals surface area contributed by atoms with Gasteiger partial charge in [0.25, 0.3) is 0 Å². The topological polar surface area (TPSA) is 86.8 Å². The molecule has 0 fully saturated rings. The van der Waals surface area contributed by atoms with Crippen LogP contribution in [0.2, 0.25) is 0 Å². The minimum atomic E-state index is -3.89. The fourth-order valence-corrected chi connectivity index (χ4v) is 4.21. The van der Waals surface area contributed by atoms with Gasteiger partial charge >= 0.3 is 0 Å². The maximum Gasteiger partial charge on any atom is 0.244 e. The van der Waals surface area contributed by atoms with Gasteiger partial charge in [-0.2, -0.15) is 0 Å². The predicted molar refractivity (Wildman–Crippen MR) is 128 cm³/mol. The molecule has 33 heavy (non-hydrogen) atoms.